The van der Waals surface area contributed by atoms with E-state index in [4.69, 9.17) is 0 Å². The van der Waals surface area contributed by atoms with Gasteiger partial charge in [-0.1, -0.05) is 58.4 Å². The Labute approximate surface area is 121 Å². The highest BCUT2D eigenvalue weighted by Crippen LogP contribution is 2.41. The predicted octanol–water partition coefficient (Wildman–Crippen LogP) is 6.10. The van der Waals surface area contributed by atoms with Crippen molar-refractivity contribution in [3.8, 4) is 0 Å². The molecule has 0 saturated carbocycles. The number of benzene rings is 1. The Morgan fingerprint density at radius 1 is 1.16 bits per heavy atom. The molecule has 0 saturated heterocycles. The third-order valence-corrected chi connectivity index (χ3v) is 5.65. The van der Waals surface area contributed by atoms with Gasteiger partial charge in [0.2, 0.25) is 0 Å². The van der Waals surface area contributed by atoms with Crippen LogP contribution in [-0.2, 0) is 11.8 Å². The van der Waals surface area contributed by atoms with E-state index in [1.165, 1.54) is 29.2 Å². The van der Waals surface area contributed by atoms with E-state index in [0.717, 1.165) is 5.92 Å². The van der Waals surface area contributed by atoms with Crippen LogP contribution in [0.5, 0.6) is 0 Å². The van der Waals surface area contributed by atoms with Crippen molar-refractivity contribution in [2.24, 2.45) is 5.92 Å². The first-order valence-corrected chi connectivity index (χ1v) is 8.19. The second-order valence-electron chi connectivity index (χ2n) is 6.74. The van der Waals surface area contributed by atoms with Crippen molar-refractivity contribution in [3.05, 3.63) is 33.5 Å². The lowest BCUT2D eigenvalue weighted by Gasteiger charge is -2.21. The molecule has 0 nitrogen and oxygen atoms in total. The van der Waals surface area contributed by atoms with Crippen molar-refractivity contribution >= 4 is 22.1 Å². The van der Waals surface area contributed by atoms with Crippen LogP contribution in [-0.4, -0.2) is 0 Å². The Morgan fingerprint density at radius 3 is 2.42 bits per heavy atom. The lowest BCUT2D eigenvalue weighted by atomic mass is 9.86. The Hall–Kier alpha value is -0.820. The second kappa shape index (κ2) is 5.28. The van der Waals surface area contributed by atoms with Crippen LogP contribution in [0.15, 0.2) is 18.2 Å². The average Bonchev–Trinajstić information content (AvgIpc) is 2.67. The summed E-state index contributed by atoms with van der Waals surface area (Å²) in [5, 5.41) is 2.98. The largest absolute Gasteiger partial charge is 0.144 e. The monoisotopic (exact) mass is 274 g/mol. The second-order valence-corrected chi connectivity index (χ2v) is 7.84. The number of fused-ring (bicyclic) bond motifs is 1. The third kappa shape index (κ3) is 2.86. The molecular weight excluding hydrogens is 248 g/mol. The molecule has 0 aliphatic rings. The number of rotatable bonds is 4. The Bertz CT molecular complexity index is 573. The maximum absolute atomic E-state index is 2.37. The van der Waals surface area contributed by atoms with Gasteiger partial charge >= 0.3 is 0 Å². The zero-order valence-electron chi connectivity index (χ0n) is 13.1. The number of thiophene rings is 1. The summed E-state index contributed by atoms with van der Waals surface area (Å²) in [7, 11) is 0. The van der Waals surface area contributed by atoms with Crippen LogP contribution in [0.1, 0.15) is 56.4 Å². The molecular formula is C18H26S. The van der Waals surface area contributed by atoms with Crippen molar-refractivity contribution in [2.45, 2.75) is 59.8 Å². The molecule has 19 heavy (non-hydrogen) atoms. The number of hydrogen-bond acceptors (Lipinski definition) is 1. The molecule has 0 aliphatic heterocycles. The van der Waals surface area contributed by atoms with E-state index in [-0.39, 0.29) is 5.41 Å². The van der Waals surface area contributed by atoms with Crippen molar-refractivity contribution in [3.63, 3.8) is 0 Å². The Morgan fingerprint density at radius 2 is 1.84 bits per heavy atom. The first kappa shape index (κ1) is 14.6. The van der Waals surface area contributed by atoms with Crippen LogP contribution >= 0.6 is 11.3 Å². The van der Waals surface area contributed by atoms with Gasteiger partial charge in [0.05, 0.1) is 0 Å². The normalized spacial score (nSPS) is 12.6. The summed E-state index contributed by atoms with van der Waals surface area (Å²) in [5.41, 5.74) is 1.66. The van der Waals surface area contributed by atoms with E-state index in [9.17, 15) is 0 Å². The number of aryl methyl sites for hydroxylation is 1. The summed E-state index contributed by atoms with van der Waals surface area (Å²) in [5.74, 6) is 0.722. The first-order chi connectivity index (χ1) is 8.85. The van der Waals surface area contributed by atoms with E-state index >= 15 is 0 Å². The van der Waals surface area contributed by atoms with Crippen LogP contribution in [0, 0.1) is 12.8 Å². The quantitative estimate of drug-likeness (QED) is 0.632. The van der Waals surface area contributed by atoms with Crippen LogP contribution in [0.3, 0.4) is 0 Å². The van der Waals surface area contributed by atoms with Gasteiger partial charge in [-0.05, 0) is 41.9 Å². The minimum Gasteiger partial charge on any atom is -0.144 e. The fourth-order valence-corrected chi connectivity index (χ4v) is 4.16. The fraction of sp³-hybridized carbons (Fsp3) is 0.556. The van der Waals surface area contributed by atoms with Crippen LogP contribution in [0.2, 0.25) is 0 Å². The molecule has 1 heteroatoms. The average molecular weight is 274 g/mol. The maximum Gasteiger partial charge on any atom is 0.0183 e. The zero-order chi connectivity index (χ0) is 14.2. The van der Waals surface area contributed by atoms with Crippen LogP contribution < -0.4 is 0 Å². The first-order valence-electron chi connectivity index (χ1n) is 7.37. The minimum absolute atomic E-state index is 0.285. The SMILES string of the molecule is CCC(C)(C)c1sc(CC(C)C)c2cc(C)ccc12. The summed E-state index contributed by atoms with van der Waals surface area (Å²) in [6.45, 7) is 13.9. The minimum atomic E-state index is 0.285. The van der Waals surface area contributed by atoms with Crippen LogP contribution in [0.4, 0.5) is 0 Å². The Kier molecular flexibility index (Phi) is 4.06. The summed E-state index contributed by atoms with van der Waals surface area (Å²) in [6.07, 6.45) is 2.39. The Balaban J connectivity index is 2.66. The van der Waals surface area contributed by atoms with Gasteiger partial charge in [0.15, 0.2) is 0 Å². The molecule has 1 heterocycles. The molecule has 104 valence electrons. The van der Waals surface area contributed by atoms with Crippen molar-refractivity contribution < 1.29 is 0 Å². The molecule has 0 unspecified atom stereocenters. The van der Waals surface area contributed by atoms with E-state index in [1.807, 2.05) is 11.3 Å². The standard InChI is InChI=1S/C18H26S/c1-7-18(5,6)17-14-9-8-13(4)11-15(14)16(19-17)10-12(2)3/h8-9,11-12H,7,10H2,1-6H3. The molecule has 0 N–H and O–H groups in total. The lowest BCUT2D eigenvalue weighted by molar-refractivity contribution is 0.520. The molecule has 0 atom stereocenters. The molecule has 2 aromatic rings. The smallest absolute Gasteiger partial charge is 0.0183 e. The lowest BCUT2D eigenvalue weighted by Crippen LogP contribution is -2.13. The summed E-state index contributed by atoms with van der Waals surface area (Å²) in [6, 6.07) is 6.96. The van der Waals surface area contributed by atoms with Gasteiger partial charge in [0, 0.05) is 9.75 Å². The zero-order valence-corrected chi connectivity index (χ0v) is 13.9. The summed E-state index contributed by atoms with van der Waals surface area (Å²) < 4.78 is 0. The summed E-state index contributed by atoms with van der Waals surface area (Å²) >= 11 is 2.04. The van der Waals surface area contributed by atoms with E-state index < -0.39 is 0 Å². The van der Waals surface area contributed by atoms with E-state index in [1.54, 1.807) is 9.75 Å². The van der Waals surface area contributed by atoms with Crippen molar-refractivity contribution in [1.29, 1.82) is 0 Å². The molecule has 0 aliphatic carbocycles. The molecule has 0 bridgehead atoms. The molecule has 0 fully saturated rings. The van der Waals surface area contributed by atoms with E-state index in [2.05, 4.69) is 59.7 Å². The van der Waals surface area contributed by atoms with Gasteiger partial charge in [0.1, 0.15) is 0 Å². The molecule has 1 aromatic heterocycles. The molecule has 0 amide bonds. The van der Waals surface area contributed by atoms with Gasteiger partial charge in [-0.2, -0.15) is 0 Å². The molecule has 0 spiro atoms. The van der Waals surface area contributed by atoms with Crippen LogP contribution in [0.25, 0.3) is 10.8 Å². The predicted molar refractivity (Wildman–Crippen MR) is 88.4 cm³/mol. The van der Waals surface area contributed by atoms with Crippen molar-refractivity contribution in [1.82, 2.24) is 0 Å². The third-order valence-electron chi connectivity index (χ3n) is 4.04. The van der Waals surface area contributed by atoms with Crippen molar-refractivity contribution in [2.75, 3.05) is 0 Å². The topological polar surface area (TPSA) is 0 Å². The van der Waals surface area contributed by atoms with Gasteiger partial charge < -0.3 is 0 Å². The highest BCUT2D eigenvalue weighted by molar-refractivity contribution is 7.14. The fourth-order valence-electron chi connectivity index (χ4n) is 2.51. The van der Waals surface area contributed by atoms with Gasteiger partial charge in [-0.25, -0.2) is 0 Å². The molecule has 0 radical (unpaired) electrons. The number of hydrogen-bond donors (Lipinski definition) is 0. The molecule has 1 aromatic carbocycles. The van der Waals surface area contributed by atoms with Gasteiger partial charge in [-0.15, -0.1) is 11.3 Å². The van der Waals surface area contributed by atoms with Gasteiger partial charge in [-0.3, -0.25) is 0 Å². The molecule has 2 rings (SSSR count). The highest BCUT2D eigenvalue weighted by atomic mass is 32.1. The highest BCUT2D eigenvalue weighted by Gasteiger charge is 2.24. The summed E-state index contributed by atoms with van der Waals surface area (Å²) in [4.78, 5) is 3.14. The maximum atomic E-state index is 2.37. The van der Waals surface area contributed by atoms with E-state index in [0.29, 0.717) is 0 Å². The van der Waals surface area contributed by atoms with Gasteiger partial charge in [0.25, 0.3) is 0 Å².